The predicted octanol–water partition coefficient (Wildman–Crippen LogP) is 3.74. The minimum atomic E-state index is -0.133. The van der Waals surface area contributed by atoms with Crippen molar-refractivity contribution in [3.63, 3.8) is 0 Å². The van der Waals surface area contributed by atoms with Crippen molar-refractivity contribution in [2.75, 3.05) is 6.54 Å². The lowest BCUT2D eigenvalue weighted by Gasteiger charge is -2.13. The van der Waals surface area contributed by atoms with Crippen LogP contribution in [0.4, 0.5) is 0 Å². The number of nitrogens with zero attached hydrogens (tertiary/aromatic N) is 4. The van der Waals surface area contributed by atoms with Crippen LogP contribution >= 0.6 is 0 Å². The third-order valence-electron chi connectivity index (χ3n) is 5.75. The van der Waals surface area contributed by atoms with Crippen LogP contribution in [0.5, 0.6) is 5.75 Å². The van der Waals surface area contributed by atoms with E-state index in [4.69, 9.17) is 4.74 Å². The monoisotopic (exact) mass is 439 g/mol. The molecule has 0 saturated carbocycles. The quantitative estimate of drug-likeness (QED) is 0.495. The molecule has 0 fully saturated rings. The Labute approximate surface area is 192 Å². The number of hydrogen-bond acceptors (Lipinski definition) is 5. The molecule has 1 amide bonds. The van der Waals surface area contributed by atoms with E-state index in [-0.39, 0.29) is 12.0 Å². The van der Waals surface area contributed by atoms with Gasteiger partial charge in [0.2, 0.25) is 0 Å². The molecule has 0 spiro atoms. The van der Waals surface area contributed by atoms with Crippen molar-refractivity contribution in [1.29, 1.82) is 0 Å². The van der Waals surface area contributed by atoms with Crippen LogP contribution in [0.2, 0.25) is 0 Å². The van der Waals surface area contributed by atoms with Crippen LogP contribution in [0.3, 0.4) is 0 Å². The molecule has 7 nitrogen and oxygen atoms in total. The second-order valence-electron chi connectivity index (χ2n) is 8.31. The molecule has 1 aliphatic heterocycles. The predicted molar refractivity (Wildman–Crippen MR) is 125 cm³/mol. The van der Waals surface area contributed by atoms with Gasteiger partial charge in [0.05, 0.1) is 24.3 Å². The Bertz CT molecular complexity index is 1300. The van der Waals surface area contributed by atoms with Crippen LogP contribution < -0.4 is 10.1 Å². The number of aromatic nitrogens is 4. The fraction of sp³-hybridized carbons (Fsp3) is 0.231. The van der Waals surface area contributed by atoms with Crippen LogP contribution in [0.1, 0.15) is 32.9 Å². The summed E-state index contributed by atoms with van der Waals surface area (Å²) in [6, 6.07) is 17.5. The second-order valence-corrected chi connectivity index (χ2v) is 8.31. The van der Waals surface area contributed by atoms with Gasteiger partial charge in [-0.1, -0.05) is 24.3 Å². The summed E-state index contributed by atoms with van der Waals surface area (Å²) < 4.78 is 8.14. The number of nitrogens with one attached hydrogen (secondary N) is 1. The number of hydrogen-bond donors (Lipinski definition) is 1. The minimum Gasteiger partial charge on any atom is -0.487 e. The lowest BCUT2D eigenvalue weighted by atomic mass is 10.1. The third-order valence-corrected chi connectivity index (χ3v) is 5.75. The molecule has 3 heterocycles. The molecule has 1 atom stereocenters. The Hall–Kier alpha value is -4.00. The van der Waals surface area contributed by atoms with E-state index < -0.39 is 0 Å². The van der Waals surface area contributed by atoms with E-state index in [1.165, 1.54) is 0 Å². The molecule has 1 aliphatic rings. The van der Waals surface area contributed by atoms with E-state index in [0.29, 0.717) is 24.5 Å². The number of rotatable bonds is 6. The van der Waals surface area contributed by atoms with Gasteiger partial charge in [-0.15, -0.1) is 0 Å². The summed E-state index contributed by atoms with van der Waals surface area (Å²) in [5.74, 6) is 1.32. The highest BCUT2D eigenvalue weighted by Gasteiger charge is 2.27. The van der Waals surface area contributed by atoms with Crippen molar-refractivity contribution in [2.45, 2.75) is 32.9 Å². The van der Waals surface area contributed by atoms with E-state index in [9.17, 15) is 4.79 Å². The molecule has 1 N–H and O–H groups in total. The van der Waals surface area contributed by atoms with Crippen LogP contribution in [0.25, 0.3) is 11.4 Å². The Morgan fingerprint density at radius 1 is 1.09 bits per heavy atom. The van der Waals surface area contributed by atoms with Crippen molar-refractivity contribution in [3.05, 3.63) is 95.1 Å². The highest BCUT2D eigenvalue weighted by atomic mass is 16.5. The number of benzene rings is 2. The highest BCUT2D eigenvalue weighted by molar-refractivity contribution is 5.94. The van der Waals surface area contributed by atoms with Gasteiger partial charge in [-0.2, -0.15) is 5.10 Å². The SMILES string of the molecule is Cc1cc(C)n(Cc2cccc(C(=O)NCC3Cc4cccc(-c5ncccn5)c4O3)c2)n1. The Morgan fingerprint density at radius 3 is 2.70 bits per heavy atom. The minimum absolute atomic E-state index is 0.114. The number of para-hydroxylation sites is 1. The molecule has 2 aromatic heterocycles. The Kier molecular flexibility index (Phi) is 5.60. The number of amides is 1. The van der Waals surface area contributed by atoms with E-state index in [0.717, 1.165) is 40.2 Å². The summed E-state index contributed by atoms with van der Waals surface area (Å²) in [6.07, 6.45) is 4.04. The van der Waals surface area contributed by atoms with Gasteiger partial charge in [-0.3, -0.25) is 9.48 Å². The van der Waals surface area contributed by atoms with Crippen molar-refractivity contribution < 1.29 is 9.53 Å². The van der Waals surface area contributed by atoms with Crippen molar-refractivity contribution in [3.8, 4) is 17.1 Å². The number of carbonyl (C=O) groups excluding carboxylic acids is 1. The largest absolute Gasteiger partial charge is 0.487 e. The summed E-state index contributed by atoms with van der Waals surface area (Å²) >= 11 is 0. The van der Waals surface area contributed by atoms with Gasteiger partial charge in [0.25, 0.3) is 5.91 Å². The first kappa shape index (κ1) is 20.9. The average Bonchev–Trinajstić information content (AvgIpc) is 3.39. The third kappa shape index (κ3) is 4.48. The topological polar surface area (TPSA) is 81.9 Å². The molecule has 0 saturated heterocycles. The molecule has 0 radical (unpaired) electrons. The number of carbonyl (C=O) groups is 1. The molecule has 0 aliphatic carbocycles. The highest BCUT2D eigenvalue weighted by Crippen LogP contribution is 2.37. The normalized spacial score (nSPS) is 14.5. The van der Waals surface area contributed by atoms with Gasteiger partial charge in [0.1, 0.15) is 11.9 Å². The van der Waals surface area contributed by atoms with E-state index in [1.807, 2.05) is 67.1 Å². The van der Waals surface area contributed by atoms with E-state index >= 15 is 0 Å². The van der Waals surface area contributed by atoms with Gasteiger partial charge >= 0.3 is 0 Å². The standard InChI is InChI=1S/C26H25N5O2/c1-17-12-18(2)31(30-17)16-19-6-3-8-21(13-19)26(32)29-15-22-14-20-7-4-9-23(24(20)33-22)25-27-10-5-11-28-25/h3-13,22H,14-16H2,1-2H3,(H,29,32). The average molecular weight is 440 g/mol. The summed E-state index contributed by atoms with van der Waals surface area (Å²) in [5.41, 5.74) is 5.72. The van der Waals surface area contributed by atoms with Crippen LogP contribution in [0.15, 0.2) is 67.0 Å². The molecule has 7 heteroatoms. The molecule has 166 valence electrons. The van der Waals surface area contributed by atoms with Crippen LogP contribution in [-0.4, -0.2) is 38.3 Å². The molecule has 4 aromatic rings. The maximum absolute atomic E-state index is 12.8. The van der Waals surface area contributed by atoms with Crippen LogP contribution in [-0.2, 0) is 13.0 Å². The number of aryl methyl sites for hydroxylation is 2. The molecule has 33 heavy (non-hydrogen) atoms. The zero-order valence-corrected chi connectivity index (χ0v) is 18.7. The zero-order valence-electron chi connectivity index (χ0n) is 18.7. The maximum atomic E-state index is 12.8. The van der Waals surface area contributed by atoms with Gasteiger partial charge < -0.3 is 10.1 Å². The molecule has 0 bridgehead atoms. The lowest BCUT2D eigenvalue weighted by Crippen LogP contribution is -2.34. The molecule has 1 unspecified atom stereocenters. The second kappa shape index (κ2) is 8.86. The Morgan fingerprint density at radius 2 is 1.91 bits per heavy atom. The lowest BCUT2D eigenvalue weighted by molar-refractivity contribution is 0.0933. The fourth-order valence-corrected chi connectivity index (χ4v) is 4.19. The fourth-order valence-electron chi connectivity index (χ4n) is 4.19. The smallest absolute Gasteiger partial charge is 0.251 e. The molecular weight excluding hydrogens is 414 g/mol. The van der Waals surface area contributed by atoms with Crippen molar-refractivity contribution in [1.82, 2.24) is 25.1 Å². The maximum Gasteiger partial charge on any atom is 0.251 e. The summed E-state index contributed by atoms with van der Waals surface area (Å²) in [4.78, 5) is 21.5. The molecule has 2 aromatic carbocycles. The summed E-state index contributed by atoms with van der Waals surface area (Å²) in [6.45, 7) is 5.06. The van der Waals surface area contributed by atoms with Gasteiger partial charge in [-0.25, -0.2) is 9.97 Å². The molecular formula is C26H25N5O2. The first-order chi connectivity index (χ1) is 16.1. The first-order valence-electron chi connectivity index (χ1n) is 11.0. The first-order valence-corrected chi connectivity index (χ1v) is 11.0. The zero-order chi connectivity index (χ0) is 22.8. The molecule has 5 rings (SSSR count). The number of fused-ring (bicyclic) bond motifs is 1. The Balaban J connectivity index is 1.23. The van der Waals surface area contributed by atoms with E-state index in [1.54, 1.807) is 18.5 Å². The van der Waals surface area contributed by atoms with Gasteiger partial charge in [0, 0.05) is 30.1 Å². The van der Waals surface area contributed by atoms with Crippen LogP contribution in [0, 0.1) is 13.8 Å². The van der Waals surface area contributed by atoms with Gasteiger partial charge in [-0.05, 0) is 55.3 Å². The van der Waals surface area contributed by atoms with E-state index in [2.05, 4.69) is 20.4 Å². The van der Waals surface area contributed by atoms with Crippen molar-refractivity contribution >= 4 is 5.91 Å². The van der Waals surface area contributed by atoms with Gasteiger partial charge in [0.15, 0.2) is 5.82 Å². The summed E-state index contributed by atoms with van der Waals surface area (Å²) in [7, 11) is 0. The summed E-state index contributed by atoms with van der Waals surface area (Å²) in [5, 5.41) is 7.53. The van der Waals surface area contributed by atoms with Crippen molar-refractivity contribution in [2.24, 2.45) is 0 Å². The number of ether oxygens (including phenoxy) is 1.